The number of aromatic nitrogens is 2. The molecular formula is C13H19N3O. The molecule has 4 nitrogen and oxygen atoms in total. The molecule has 1 aliphatic carbocycles. The van der Waals surface area contributed by atoms with Crippen LogP contribution >= 0.6 is 0 Å². The Balaban J connectivity index is 1.80. The second-order valence-electron chi connectivity index (χ2n) is 5.18. The molecular weight excluding hydrogens is 214 g/mol. The van der Waals surface area contributed by atoms with Crippen LogP contribution in [0.2, 0.25) is 0 Å². The maximum Gasteiger partial charge on any atom is 0.267 e. The zero-order valence-corrected chi connectivity index (χ0v) is 10.1. The van der Waals surface area contributed by atoms with E-state index in [-0.39, 0.29) is 5.56 Å². The van der Waals surface area contributed by atoms with E-state index >= 15 is 0 Å². The number of hydrogen-bond donors (Lipinski definition) is 1. The fourth-order valence-electron chi connectivity index (χ4n) is 2.88. The van der Waals surface area contributed by atoms with Crippen molar-refractivity contribution < 1.29 is 0 Å². The number of fused-ring (bicyclic) bond motifs is 1. The van der Waals surface area contributed by atoms with Crippen molar-refractivity contribution in [2.24, 2.45) is 5.92 Å². The molecule has 0 bridgehead atoms. The first-order valence-corrected chi connectivity index (χ1v) is 6.63. The fraction of sp³-hybridized carbons (Fsp3) is 0.692. The van der Waals surface area contributed by atoms with Crippen molar-refractivity contribution in [2.45, 2.75) is 38.6 Å². The number of piperidine rings is 1. The topological polar surface area (TPSA) is 46.9 Å². The second-order valence-corrected chi connectivity index (χ2v) is 5.18. The molecule has 3 rings (SSSR count). The summed E-state index contributed by atoms with van der Waals surface area (Å²) >= 11 is 0. The summed E-state index contributed by atoms with van der Waals surface area (Å²) in [5, 5.41) is 7.88. The number of aryl methyl sites for hydroxylation is 2. The number of nitrogens with one attached hydrogen (secondary N) is 1. The van der Waals surface area contributed by atoms with Crippen LogP contribution in [-0.2, 0) is 19.4 Å². The van der Waals surface area contributed by atoms with Gasteiger partial charge in [0.1, 0.15) is 0 Å². The molecule has 0 unspecified atom stereocenters. The lowest BCUT2D eigenvalue weighted by Gasteiger charge is -2.22. The highest BCUT2D eigenvalue weighted by Crippen LogP contribution is 2.18. The predicted octanol–water partition coefficient (Wildman–Crippen LogP) is 0.732. The van der Waals surface area contributed by atoms with Gasteiger partial charge in [-0.05, 0) is 56.7 Å². The van der Waals surface area contributed by atoms with Crippen LogP contribution in [-0.4, -0.2) is 22.9 Å². The molecule has 4 heteroatoms. The lowest BCUT2D eigenvalue weighted by molar-refractivity contribution is 0.314. The number of nitrogens with zero attached hydrogens (tertiary/aromatic N) is 2. The van der Waals surface area contributed by atoms with Gasteiger partial charge in [0.2, 0.25) is 0 Å². The summed E-state index contributed by atoms with van der Waals surface area (Å²) in [6.45, 7) is 2.95. The number of rotatable bonds is 2. The summed E-state index contributed by atoms with van der Waals surface area (Å²) in [6.07, 6.45) is 5.54. The Hall–Kier alpha value is -1.16. The van der Waals surface area contributed by atoms with Gasteiger partial charge in [-0.1, -0.05) is 0 Å². The first-order valence-electron chi connectivity index (χ1n) is 6.63. The molecule has 1 aromatic rings. The molecule has 1 saturated heterocycles. The molecule has 2 aliphatic rings. The summed E-state index contributed by atoms with van der Waals surface area (Å²) in [5.41, 5.74) is 2.42. The molecule has 1 aromatic heterocycles. The minimum Gasteiger partial charge on any atom is -0.317 e. The van der Waals surface area contributed by atoms with E-state index in [4.69, 9.17) is 0 Å². The zero-order chi connectivity index (χ0) is 11.7. The van der Waals surface area contributed by atoms with E-state index in [1.807, 2.05) is 0 Å². The van der Waals surface area contributed by atoms with Crippen LogP contribution in [0.1, 0.15) is 30.5 Å². The van der Waals surface area contributed by atoms with Gasteiger partial charge in [0.05, 0.1) is 5.69 Å². The lowest BCUT2D eigenvalue weighted by Crippen LogP contribution is -2.33. The Kier molecular flexibility index (Phi) is 2.97. The van der Waals surface area contributed by atoms with Crippen molar-refractivity contribution in [3.63, 3.8) is 0 Å². The minimum atomic E-state index is 0.0872. The van der Waals surface area contributed by atoms with Gasteiger partial charge in [-0.15, -0.1) is 0 Å². The molecule has 0 amide bonds. The van der Waals surface area contributed by atoms with Crippen molar-refractivity contribution in [3.8, 4) is 0 Å². The Morgan fingerprint density at radius 2 is 2.18 bits per heavy atom. The lowest BCUT2D eigenvalue weighted by atomic mass is 9.98. The maximum absolute atomic E-state index is 11.9. The van der Waals surface area contributed by atoms with E-state index < -0.39 is 0 Å². The third-order valence-electron chi connectivity index (χ3n) is 3.91. The van der Waals surface area contributed by atoms with E-state index in [2.05, 4.69) is 10.4 Å². The predicted molar refractivity (Wildman–Crippen MR) is 66.1 cm³/mol. The van der Waals surface area contributed by atoms with E-state index in [9.17, 15) is 4.79 Å². The standard InChI is InChI=1S/C13H19N3O/c17-13-8-11-2-1-3-12(11)15-16(13)9-10-4-6-14-7-5-10/h8,10,14H,1-7,9H2. The van der Waals surface area contributed by atoms with E-state index in [0.717, 1.165) is 57.4 Å². The summed E-state index contributed by atoms with van der Waals surface area (Å²) in [7, 11) is 0. The van der Waals surface area contributed by atoms with Gasteiger partial charge in [0.25, 0.3) is 5.56 Å². The highest BCUT2D eigenvalue weighted by atomic mass is 16.1. The van der Waals surface area contributed by atoms with E-state index in [1.54, 1.807) is 10.7 Å². The minimum absolute atomic E-state index is 0.0872. The van der Waals surface area contributed by atoms with E-state index in [0.29, 0.717) is 5.92 Å². The van der Waals surface area contributed by atoms with Crippen LogP contribution in [0, 0.1) is 5.92 Å². The van der Waals surface area contributed by atoms with Gasteiger partial charge >= 0.3 is 0 Å². The van der Waals surface area contributed by atoms with Crippen molar-refractivity contribution in [3.05, 3.63) is 27.7 Å². The van der Waals surface area contributed by atoms with Gasteiger partial charge in [-0.2, -0.15) is 5.10 Å². The Labute approximate surface area is 101 Å². The Morgan fingerprint density at radius 1 is 1.35 bits per heavy atom. The van der Waals surface area contributed by atoms with Gasteiger partial charge < -0.3 is 5.32 Å². The highest BCUT2D eigenvalue weighted by Gasteiger charge is 2.18. The van der Waals surface area contributed by atoms with Gasteiger partial charge in [0, 0.05) is 12.6 Å². The Bertz CT molecular complexity index is 460. The van der Waals surface area contributed by atoms with Crippen LogP contribution in [0.3, 0.4) is 0 Å². The third-order valence-corrected chi connectivity index (χ3v) is 3.91. The summed E-state index contributed by atoms with van der Waals surface area (Å²) in [6, 6.07) is 1.80. The molecule has 0 radical (unpaired) electrons. The molecule has 92 valence electrons. The molecule has 0 saturated carbocycles. The average molecular weight is 233 g/mol. The molecule has 0 spiro atoms. The fourth-order valence-corrected chi connectivity index (χ4v) is 2.88. The Morgan fingerprint density at radius 3 is 3.00 bits per heavy atom. The molecule has 2 heterocycles. The van der Waals surface area contributed by atoms with Crippen molar-refractivity contribution in [2.75, 3.05) is 13.1 Å². The van der Waals surface area contributed by atoms with Crippen molar-refractivity contribution in [1.29, 1.82) is 0 Å². The summed E-state index contributed by atoms with van der Waals surface area (Å²) < 4.78 is 1.69. The first kappa shape index (κ1) is 11.0. The van der Waals surface area contributed by atoms with Crippen LogP contribution < -0.4 is 10.9 Å². The third kappa shape index (κ3) is 2.27. The summed E-state index contributed by atoms with van der Waals surface area (Å²) in [4.78, 5) is 11.9. The van der Waals surface area contributed by atoms with Crippen LogP contribution in [0.25, 0.3) is 0 Å². The van der Waals surface area contributed by atoms with Gasteiger partial charge in [-0.3, -0.25) is 4.79 Å². The molecule has 1 aliphatic heterocycles. The van der Waals surface area contributed by atoms with Crippen molar-refractivity contribution in [1.82, 2.24) is 15.1 Å². The first-order chi connectivity index (χ1) is 8.33. The normalized spacial score (nSPS) is 20.5. The summed E-state index contributed by atoms with van der Waals surface area (Å²) in [5.74, 6) is 0.612. The van der Waals surface area contributed by atoms with Crippen LogP contribution in [0.4, 0.5) is 0 Å². The highest BCUT2D eigenvalue weighted by molar-refractivity contribution is 5.22. The second kappa shape index (κ2) is 4.61. The smallest absolute Gasteiger partial charge is 0.267 e. The van der Waals surface area contributed by atoms with Gasteiger partial charge in [-0.25, -0.2) is 4.68 Å². The SMILES string of the molecule is O=c1cc2c(nn1CC1CCNCC1)CCC2. The molecule has 17 heavy (non-hydrogen) atoms. The van der Waals surface area contributed by atoms with Gasteiger partial charge in [0.15, 0.2) is 0 Å². The average Bonchev–Trinajstić information content (AvgIpc) is 2.78. The van der Waals surface area contributed by atoms with Crippen LogP contribution in [0.5, 0.6) is 0 Å². The molecule has 0 aromatic carbocycles. The van der Waals surface area contributed by atoms with E-state index in [1.165, 1.54) is 5.56 Å². The van der Waals surface area contributed by atoms with Crippen molar-refractivity contribution >= 4 is 0 Å². The maximum atomic E-state index is 11.9. The van der Waals surface area contributed by atoms with Crippen LogP contribution in [0.15, 0.2) is 10.9 Å². The largest absolute Gasteiger partial charge is 0.317 e. The molecule has 0 atom stereocenters. The zero-order valence-electron chi connectivity index (χ0n) is 10.1. The number of hydrogen-bond acceptors (Lipinski definition) is 3. The molecule has 1 N–H and O–H groups in total. The quantitative estimate of drug-likeness (QED) is 0.819. The monoisotopic (exact) mass is 233 g/mol. The molecule has 1 fully saturated rings.